The zero-order valence-electron chi connectivity index (χ0n) is 12.6. The molecule has 0 saturated heterocycles. The van der Waals surface area contributed by atoms with E-state index >= 15 is 0 Å². The van der Waals surface area contributed by atoms with E-state index in [0.717, 1.165) is 31.4 Å². The number of carbonyl (C=O) groups excluding carboxylic acids is 1. The first-order valence-corrected chi connectivity index (χ1v) is 6.82. The van der Waals surface area contributed by atoms with Crippen molar-refractivity contribution in [3.63, 3.8) is 0 Å². The number of nitrogens with zero attached hydrogens (tertiary/aromatic N) is 1. The van der Waals surface area contributed by atoms with Crippen LogP contribution in [0.3, 0.4) is 0 Å². The van der Waals surface area contributed by atoms with E-state index in [0.29, 0.717) is 13.1 Å². The van der Waals surface area contributed by atoms with Gasteiger partial charge in [0.2, 0.25) is 5.91 Å². The highest BCUT2D eigenvalue weighted by atomic mass is 127. The molecule has 0 aromatic carbocycles. The lowest BCUT2D eigenvalue weighted by atomic mass is 10.1. The van der Waals surface area contributed by atoms with Crippen LogP contribution in [0.4, 0.5) is 0 Å². The molecule has 0 aliphatic heterocycles. The summed E-state index contributed by atoms with van der Waals surface area (Å²) >= 11 is 0. The average Bonchev–Trinajstić information content (AvgIpc) is 2.29. The molecule has 0 radical (unpaired) electrons. The Morgan fingerprint density at radius 2 is 1.79 bits per heavy atom. The molecule has 0 rings (SSSR count). The molecule has 0 spiro atoms. The van der Waals surface area contributed by atoms with Gasteiger partial charge in [-0.15, -0.1) is 24.0 Å². The van der Waals surface area contributed by atoms with Crippen LogP contribution in [-0.4, -0.2) is 38.0 Å². The lowest BCUT2D eigenvalue weighted by molar-refractivity contribution is -0.118. The molecule has 0 heterocycles. The summed E-state index contributed by atoms with van der Waals surface area (Å²) in [6.45, 7) is 11.0. The van der Waals surface area contributed by atoms with Crippen LogP contribution in [0.2, 0.25) is 0 Å². The minimum absolute atomic E-state index is 0. The summed E-state index contributed by atoms with van der Waals surface area (Å²) in [5.74, 6) is 1.55. The van der Waals surface area contributed by atoms with E-state index in [9.17, 15) is 4.79 Å². The van der Waals surface area contributed by atoms with Crippen molar-refractivity contribution in [1.29, 1.82) is 0 Å². The minimum Gasteiger partial charge on any atom is -0.357 e. The smallest absolute Gasteiger partial charge is 0.216 e. The third-order valence-corrected chi connectivity index (χ3v) is 2.35. The number of carbonyl (C=O) groups is 1. The molecule has 3 N–H and O–H groups in total. The minimum atomic E-state index is -0.00401. The van der Waals surface area contributed by atoms with Crippen molar-refractivity contribution in [1.82, 2.24) is 16.0 Å². The molecule has 0 unspecified atom stereocenters. The van der Waals surface area contributed by atoms with Crippen molar-refractivity contribution in [3.05, 3.63) is 0 Å². The molecule has 0 aromatic rings. The van der Waals surface area contributed by atoms with Gasteiger partial charge in [-0.1, -0.05) is 13.8 Å². The van der Waals surface area contributed by atoms with Crippen LogP contribution in [-0.2, 0) is 4.79 Å². The molecule has 0 saturated carbocycles. The number of hydrogen-bond donors (Lipinski definition) is 3. The maximum Gasteiger partial charge on any atom is 0.216 e. The molecule has 1 amide bonds. The Balaban J connectivity index is 0. The van der Waals surface area contributed by atoms with Gasteiger partial charge in [-0.3, -0.25) is 9.79 Å². The molecule has 114 valence electrons. The van der Waals surface area contributed by atoms with Crippen LogP contribution in [0.5, 0.6) is 0 Å². The third kappa shape index (κ3) is 15.4. The standard InChI is InChI=1S/C13H28N4O.HI/c1-5-14-13(16-8-6-7-11(2)3)17-10-9-15-12(4)18;/h11H,5-10H2,1-4H3,(H,15,18)(H2,14,16,17);1H. The van der Waals surface area contributed by atoms with Crippen LogP contribution in [0.15, 0.2) is 4.99 Å². The first-order chi connectivity index (χ1) is 8.56. The Hall–Kier alpha value is -0.530. The van der Waals surface area contributed by atoms with Crippen LogP contribution in [0.25, 0.3) is 0 Å². The Morgan fingerprint density at radius 3 is 2.32 bits per heavy atom. The SMILES string of the molecule is CCNC(=NCCCC(C)C)NCCNC(C)=O.I. The van der Waals surface area contributed by atoms with E-state index in [2.05, 4.69) is 34.8 Å². The molecule has 6 heteroatoms. The average molecular weight is 384 g/mol. The van der Waals surface area contributed by atoms with Gasteiger partial charge in [-0.2, -0.15) is 0 Å². The fourth-order valence-corrected chi connectivity index (χ4v) is 1.45. The van der Waals surface area contributed by atoms with Crippen molar-refractivity contribution >= 4 is 35.8 Å². The van der Waals surface area contributed by atoms with E-state index in [1.54, 1.807) is 0 Å². The normalized spacial score (nSPS) is 10.9. The second-order valence-electron chi connectivity index (χ2n) is 4.71. The zero-order chi connectivity index (χ0) is 13.8. The number of halogens is 1. The van der Waals surface area contributed by atoms with Crippen LogP contribution in [0.1, 0.15) is 40.5 Å². The molecular formula is C13H29IN4O. The number of aliphatic imine (C=N–C) groups is 1. The van der Waals surface area contributed by atoms with Crippen LogP contribution in [0, 0.1) is 5.92 Å². The number of nitrogens with one attached hydrogen (secondary N) is 3. The van der Waals surface area contributed by atoms with Crippen LogP contribution < -0.4 is 16.0 Å². The van der Waals surface area contributed by atoms with Gasteiger partial charge in [0.15, 0.2) is 5.96 Å². The van der Waals surface area contributed by atoms with Gasteiger partial charge in [-0.25, -0.2) is 0 Å². The fraction of sp³-hybridized carbons (Fsp3) is 0.846. The number of guanidine groups is 1. The molecule has 0 aliphatic rings. The van der Waals surface area contributed by atoms with E-state index in [4.69, 9.17) is 0 Å². The maximum absolute atomic E-state index is 10.7. The summed E-state index contributed by atoms with van der Waals surface area (Å²) in [5, 5.41) is 9.11. The van der Waals surface area contributed by atoms with E-state index in [1.807, 2.05) is 6.92 Å². The van der Waals surface area contributed by atoms with Crippen molar-refractivity contribution in [2.75, 3.05) is 26.2 Å². The predicted molar refractivity (Wildman–Crippen MR) is 92.2 cm³/mol. The molecule has 0 atom stereocenters. The van der Waals surface area contributed by atoms with Gasteiger partial charge >= 0.3 is 0 Å². The van der Waals surface area contributed by atoms with Crippen molar-refractivity contribution in [2.45, 2.75) is 40.5 Å². The quantitative estimate of drug-likeness (QED) is 0.259. The molecule has 0 aliphatic carbocycles. The van der Waals surface area contributed by atoms with Gasteiger partial charge in [-0.05, 0) is 25.7 Å². The second-order valence-corrected chi connectivity index (χ2v) is 4.71. The lowest BCUT2D eigenvalue weighted by Crippen LogP contribution is -2.41. The Morgan fingerprint density at radius 1 is 1.16 bits per heavy atom. The van der Waals surface area contributed by atoms with Crippen molar-refractivity contribution < 1.29 is 4.79 Å². The van der Waals surface area contributed by atoms with Gasteiger partial charge < -0.3 is 16.0 Å². The largest absolute Gasteiger partial charge is 0.357 e. The summed E-state index contributed by atoms with van der Waals surface area (Å²) in [6, 6.07) is 0. The van der Waals surface area contributed by atoms with E-state index in [-0.39, 0.29) is 29.9 Å². The summed E-state index contributed by atoms with van der Waals surface area (Å²) in [7, 11) is 0. The van der Waals surface area contributed by atoms with Gasteiger partial charge in [0.05, 0.1) is 0 Å². The number of rotatable bonds is 8. The Bertz CT molecular complexity index is 257. The van der Waals surface area contributed by atoms with Crippen molar-refractivity contribution in [2.24, 2.45) is 10.9 Å². The summed E-state index contributed by atoms with van der Waals surface area (Å²) < 4.78 is 0. The van der Waals surface area contributed by atoms with Gasteiger partial charge in [0, 0.05) is 33.1 Å². The highest BCUT2D eigenvalue weighted by Crippen LogP contribution is 2.02. The van der Waals surface area contributed by atoms with Crippen LogP contribution >= 0.6 is 24.0 Å². The molecule has 19 heavy (non-hydrogen) atoms. The Kier molecular flexibility index (Phi) is 15.2. The Labute approximate surface area is 134 Å². The van der Waals surface area contributed by atoms with Gasteiger partial charge in [0.25, 0.3) is 0 Å². The maximum atomic E-state index is 10.7. The topological polar surface area (TPSA) is 65.5 Å². The number of hydrogen-bond acceptors (Lipinski definition) is 2. The first kappa shape index (κ1) is 20.8. The summed E-state index contributed by atoms with van der Waals surface area (Å²) in [4.78, 5) is 15.2. The molecule has 0 fully saturated rings. The first-order valence-electron chi connectivity index (χ1n) is 6.82. The monoisotopic (exact) mass is 384 g/mol. The third-order valence-electron chi connectivity index (χ3n) is 2.35. The molecule has 5 nitrogen and oxygen atoms in total. The molecular weight excluding hydrogens is 355 g/mol. The molecule has 0 bridgehead atoms. The zero-order valence-corrected chi connectivity index (χ0v) is 14.9. The van der Waals surface area contributed by atoms with E-state index in [1.165, 1.54) is 13.3 Å². The fourth-order valence-electron chi connectivity index (χ4n) is 1.45. The van der Waals surface area contributed by atoms with E-state index < -0.39 is 0 Å². The predicted octanol–water partition coefficient (Wildman–Crippen LogP) is 1.73. The summed E-state index contributed by atoms with van der Waals surface area (Å²) in [5.41, 5.74) is 0. The van der Waals surface area contributed by atoms with Gasteiger partial charge in [0.1, 0.15) is 0 Å². The second kappa shape index (κ2) is 13.9. The number of amides is 1. The highest BCUT2D eigenvalue weighted by Gasteiger charge is 1.97. The summed E-state index contributed by atoms with van der Waals surface area (Å²) in [6.07, 6.45) is 2.31. The molecule has 0 aromatic heterocycles. The lowest BCUT2D eigenvalue weighted by Gasteiger charge is -2.11. The highest BCUT2D eigenvalue weighted by molar-refractivity contribution is 14.0. The van der Waals surface area contributed by atoms with Crippen molar-refractivity contribution in [3.8, 4) is 0 Å².